The summed E-state index contributed by atoms with van der Waals surface area (Å²) in [6.45, 7) is 1.54. The molecule has 2 aliphatic heterocycles. The summed E-state index contributed by atoms with van der Waals surface area (Å²) in [4.78, 5) is 62.9. The first kappa shape index (κ1) is 20.4. The third-order valence-corrected chi connectivity index (χ3v) is 5.58. The van der Waals surface area contributed by atoms with Crippen LogP contribution in [0.5, 0.6) is 0 Å². The van der Waals surface area contributed by atoms with Gasteiger partial charge in [0.25, 0.3) is 23.6 Å². The number of benzene rings is 2. The molecule has 0 aliphatic carbocycles. The van der Waals surface area contributed by atoms with E-state index in [1.165, 1.54) is 43.3 Å². The Morgan fingerprint density at radius 3 is 2.42 bits per heavy atom. The number of piperidine rings is 1. The van der Waals surface area contributed by atoms with Crippen LogP contribution in [-0.4, -0.2) is 40.0 Å². The highest BCUT2D eigenvalue weighted by Gasteiger charge is 2.52. The molecule has 4 rings (SSSR count). The van der Waals surface area contributed by atoms with Crippen LogP contribution in [0.4, 0.5) is 4.39 Å². The lowest BCUT2D eigenvalue weighted by atomic mass is 9.89. The average molecular weight is 423 g/mol. The summed E-state index contributed by atoms with van der Waals surface area (Å²) in [5, 5.41) is 4.86. The van der Waals surface area contributed by atoms with Crippen LogP contribution in [0.3, 0.4) is 0 Å². The number of fused-ring (bicyclic) bond motifs is 1. The molecule has 2 aromatic rings. The second-order valence-corrected chi connectivity index (χ2v) is 7.67. The topological polar surface area (TPSA) is 113 Å². The third-order valence-electron chi connectivity index (χ3n) is 5.58. The van der Waals surface area contributed by atoms with Gasteiger partial charge in [-0.2, -0.15) is 0 Å². The first-order valence-electron chi connectivity index (χ1n) is 9.60. The molecule has 158 valence electrons. The number of hydrogen-bond donors (Lipinski definition) is 2. The highest BCUT2D eigenvalue weighted by atomic mass is 19.1. The van der Waals surface area contributed by atoms with Crippen LogP contribution in [0, 0.1) is 5.82 Å². The molecule has 0 spiro atoms. The van der Waals surface area contributed by atoms with Crippen molar-refractivity contribution in [1.29, 1.82) is 0 Å². The van der Waals surface area contributed by atoms with E-state index in [0.29, 0.717) is 5.56 Å². The standard InChI is InChI=1S/C22H18FN3O5/c1-22(9-8-17(27)25-21(22)31)26-19(29)15-7-2-12(10-16(15)20(26)30)11-24-18(28)13-3-5-14(23)6-4-13/h2-7,10H,8-9,11H2,1H3,(H,24,28)(H,25,27,31)/t22-/m0/s1. The molecule has 5 amide bonds. The van der Waals surface area contributed by atoms with E-state index in [-0.39, 0.29) is 36.1 Å². The number of nitrogens with one attached hydrogen (secondary N) is 2. The van der Waals surface area contributed by atoms with Crippen LogP contribution in [0.2, 0.25) is 0 Å². The van der Waals surface area contributed by atoms with Crippen LogP contribution in [0.1, 0.15) is 56.4 Å². The second kappa shape index (κ2) is 7.42. The molecule has 0 saturated carbocycles. The van der Waals surface area contributed by atoms with E-state index in [9.17, 15) is 28.4 Å². The van der Waals surface area contributed by atoms with E-state index in [1.807, 2.05) is 0 Å². The van der Waals surface area contributed by atoms with Gasteiger partial charge in [0.1, 0.15) is 11.4 Å². The predicted molar refractivity (Wildman–Crippen MR) is 105 cm³/mol. The van der Waals surface area contributed by atoms with Gasteiger partial charge >= 0.3 is 0 Å². The summed E-state index contributed by atoms with van der Waals surface area (Å²) >= 11 is 0. The minimum Gasteiger partial charge on any atom is -0.348 e. The summed E-state index contributed by atoms with van der Waals surface area (Å²) in [6.07, 6.45) is 0.0695. The SMILES string of the molecule is C[C@]1(N2C(=O)c3ccc(CNC(=O)c4ccc(F)cc4)cc3C2=O)CCC(=O)NC1=O. The van der Waals surface area contributed by atoms with Crippen molar-refractivity contribution in [2.24, 2.45) is 0 Å². The van der Waals surface area contributed by atoms with Gasteiger partial charge in [0.2, 0.25) is 5.91 Å². The molecule has 31 heavy (non-hydrogen) atoms. The van der Waals surface area contributed by atoms with Gasteiger partial charge in [-0.15, -0.1) is 0 Å². The maximum absolute atomic E-state index is 13.0. The van der Waals surface area contributed by atoms with Crippen molar-refractivity contribution in [3.8, 4) is 0 Å². The van der Waals surface area contributed by atoms with Crippen molar-refractivity contribution in [3.05, 3.63) is 70.5 Å². The van der Waals surface area contributed by atoms with E-state index in [4.69, 9.17) is 0 Å². The highest BCUT2D eigenvalue weighted by Crippen LogP contribution is 2.34. The summed E-state index contributed by atoms with van der Waals surface area (Å²) in [6, 6.07) is 9.64. The lowest BCUT2D eigenvalue weighted by Gasteiger charge is -2.38. The number of carbonyl (C=O) groups excluding carboxylic acids is 5. The molecule has 0 radical (unpaired) electrons. The fourth-order valence-corrected chi connectivity index (χ4v) is 3.74. The Kier molecular flexibility index (Phi) is 4.88. The lowest BCUT2D eigenvalue weighted by molar-refractivity contribution is -0.140. The van der Waals surface area contributed by atoms with Crippen molar-refractivity contribution in [3.63, 3.8) is 0 Å². The summed E-state index contributed by atoms with van der Waals surface area (Å²) < 4.78 is 13.0. The van der Waals surface area contributed by atoms with Gasteiger partial charge in [0.05, 0.1) is 11.1 Å². The number of carbonyl (C=O) groups is 5. The van der Waals surface area contributed by atoms with Crippen molar-refractivity contribution < 1.29 is 28.4 Å². The molecule has 2 N–H and O–H groups in total. The number of rotatable bonds is 4. The maximum atomic E-state index is 13.0. The number of halogens is 1. The zero-order chi connectivity index (χ0) is 22.3. The maximum Gasteiger partial charge on any atom is 0.262 e. The van der Waals surface area contributed by atoms with E-state index in [0.717, 1.165) is 4.90 Å². The van der Waals surface area contributed by atoms with Gasteiger partial charge in [0.15, 0.2) is 0 Å². The van der Waals surface area contributed by atoms with E-state index in [1.54, 1.807) is 6.07 Å². The monoisotopic (exact) mass is 423 g/mol. The van der Waals surface area contributed by atoms with Gasteiger partial charge in [0, 0.05) is 18.5 Å². The Balaban J connectivity index is 1.53. The fourth-order valence-electron chi connectivity index (χ4n) is 3.74. The quantitative estimate of drug-likeness (QED) is 0.725. The van der Waals surface area contributed by atoms with E-state index in [2.05, 4.69) is 10.6 Å². The molecular formula is C22H18FN3O5. The van der Waals surface area contributed by atoms with Crippen LogP contribution in [0.15, 0.2) is 42.5 Å². The molecule has 8 nitrogen and oxygen atoms in total. The van der Waals surface area contributed by atoms with Crippen molar-refractivity contribution >= 4 is 29.5 Å². The van der Waals surface area contributed by atoms with E-state index >= 15 is 0 Å². The summed E-state index contributed by atoms with van der Waals surface area (Å²) in [5.74, 6) is -3.23. The molecule has 2 aromatic carbocycles. The van der Waals surface area contributed by atoms with Gasteiger partial charge in [-0.05, 0) is 55.3 Å². The average Bonchev–Trinajstić information content (AvgIpc) is 3.00. The van der Waals surface area contributed by atoms with Gasteiger partial charge in [-0.1, -0.05) is 6.07 Å². The van der Waals surface area contributed by atoms with Gasteiger partial charge < -0.3 is 5.32 Å². The molecule has 0 aromatic heterocycles. The Labute approximate surface area is 176 Å². The van der Waals surface area contributed by atoms with Gasteiger partial charge in [-0.3, -0.25) is 34.2 Å². The molecule has 2 heterocycles. The summed E-state index contributed by atoms with van der Waals surface area (Å²) in [5.41, 5.74) is -0.316. The molecule has 1 atom stereocenters. The fraction of sp³-hybridized carbons (Fsp3) is 0.227. The summed E-state index contributed by atoms with van der Waals surface area (Å²) in [7, 11) is 0. The highest BCUT2D eigenvalue weighted by molar-refractivity contribution is 6.24. The van der Waals surface area contributed by atoms with Crippen LogP contribution in [-0.2, 0) is 16.1 Å². The first-order valence-corrected chi connectivity index (χ1v) is 9.60. The molecule has 1 saturated heterocycles. The Morgan fingerprint density at radius 1 is 1.06 bits per heavy atom. The minimum atomic E-state index is -1.46. The molecule has 0 unspecified atom stereocenters. The van der Waals surface area contributed by atoms with Crippen molar-refractivity contribution in [2.45, 2.75) is 31.8 Å². The van der Waals surface area contributed by atoms with Crippen LogP contribution >= 0.6 is 0 Å². The normalized spacial score (nSPS) is 20.5. The van der Waals surface area contributed by atoms with Gasteiger partial charge in [-0.25, -0.2) is 4.39 Å². The molecule has 9 heteroatoms. The Bertz CT molecular complexity index is 1140. The van der Waals surface area contributed by atoms with Crippen molar-refractivity contribution in [2.75, 3.05) is 0 Å². The first-order chi connectivity index (χ1) is 14.7. The predicted octanol–water partition coefficient (Wildman–Crippen LogP) is 1.55. The number of nitrogens with zero attached hydrogens (tertiary/aromatic N) is 1. The number of hydrogen-bond acceptors (Lipinski definition) is 5. The zero-order valence-electron chi connectivity index (χ0n) is 16.5. The third kappa shape index (κ3) is 3.48. The number of imide groups is 2. The largest absolute Gasteiger partial charge is 0.348 e. The minimum absolute atomic E-state index is 0.0241. The van der Waals surface area contributed by atoms with Crippen LogP contribution < -0.4 is 10.6 Å². The smallest absolute Gasteiger partial charge is 0.262 e. The number of amides is 5. The molecule has 1 fully saturated rings. The lowest BCUT2D eigenvalue weighted by Crippen LogP contribution is -2.62. The molecular weight excluding hydrogens is 405 g/mol. The Hall–Kier alpha value is -3.88. The second-order valence-electron chi connectivity index (χ2n) is 7.67. The zero-order valence-corrected chi connectivity index (χ0v) is 16.5. The van der Waals surface area contributed by atoms with Crippen molar-refractivity contribution in [1.82, 2.24) is 15.5 Å². The van der Waals surface area contributed by atoms with Crippen LogP contribution in [0.25, 0.3) is 0 Å². The van der Waals surface area contributed by atoms with E-state index < -0.39 is 40.9 Å². The molecule has 0 bridgehead atoms. The molecule has 2 aliphatic rings. The Morgan fingerprint density at radius 2 is 1.74 bits per heavy atom.